The molecule has 66 heavy (non-hydrogen) atoms. The van der Waals surface area contributed by atoms with Crippen molar-refractivity contribution in [2.45, 2.75) is 141 Å². The Bertz CT molecular complexity index is 2050. The number of esters is 8. The Morgan fingerprint density at radius 3 is 1.70 bits per heavy atom. The Morgan fingerprint density at radius 2 is 1.12 bits per heavy atom. The second-order valence-electron chi connectivity index (χ2n) is 16.0. The fourth-order valence-electron chi connectivity index (χ4n) is 8.60. The molecular formula is C44H52O22. The van der Waals surface area contributed by atoms with E-state index < -0.39 is 158 Å². The van der Waals surface area contributed by atoms with Gasteiger partial charge in [-0.05, 0) is 24.6 Å². The van der Waals surface area contributed by atoms with Crippen molar-refractivity contribution in [1.29, 1.82) is 0 Å². The maximum absolute atomic E-state index is 13.2. The van der Waals surface area contributed by atoms with E-state index in [0.717, 1.165) is 54.0 Å². The van der Waals surface area contributed by atoms with Gasteiger partial charge in [-0.15, -0.1) is 0 Å². The minimum atomic E-state index is -1.70. The zero-order valence-corrected chi connectivity index (χ0v) is 37.3. The van der Waals surface area contributed by atoms with Crippen LogP contribution in [0.4, 0.5) is 0 Å². The van der Waals surface area contributed by atoms with Gasteiger partial charge in [0.25, 0.3) is 0 Å². The van der Waals surface area contributed by atoms with E-state index in [9.17, 15) is 38.4 Å². The molecule has 1 aliphatic carbocycles. The average molecular weight is 933 g/mol. The quantitative estimate of drug-likeness (QED) is 0.0984. The maximum atomic E-state index is 13.2. The van der Waals surface area contributed by atoms with Crippen LogP contribution in [0.5, 0.6) is 0 Å². The number of carbonyl (C=O) groups excluding carboxylic acids is 8. The SMILES string of the molecule is CC(=O)OC[C@H]1O[C@@H](O[C@@H]2OC=CC3C2[C@@]2(COC(=O)/C=C/c4ccccc4)O[C@H]2[C@H]3O[C@@H]2O[C@H](C)[C@H](OC(C)=O)[C@@H](OC(C)=O)[C@@H]2OC(C)=O)[C@H](OC(C)=O)[C@@H](OC(C)=O)[C@@H]1OC(C)=O. The van der Waals surface area contributed by atoms with Crippen LogP contribution in [0.2, 0.25) is 0 Å². The largest absolute Gasteiger partial charge is 0.472 e. The van der Waals surface area contributed by atoms with Crippen LogP contribution in [-0.2, 0) is 105 Å². The predicted octanol–water partition coefficient (Wildman–Crippen LogP) is 1.52. The number of benzene rings is 1. The van der Waals surface area contributed by atoms with Crippen molar-refractivity contribution in [2.75, 3.05) is 13.2 Å². The van der Waals surface area contributed by atoms with Crippen LogP contribution in [-0.4, -0.2) is 146 Å². The number of hydrogen-bond donors (Lipinski definition) is 0. The lowest BCUT2D eigenvalue weighted by atomic mass is 9.85. The van der Waals surface area contributed by atoms with Crippen molar-refractivity contribution in [3.05, 3.63) is 54.3 Å². The first kappa shape index (κ1) is 49.5. The normalized spacial score (nSPS) is 35.1. The molecule has 16 atom stereocenters. The van der Waals surface area contributed by atoms with Crippen LogP contribution in [0, 0.1) is 11.8 Å². The summed E-state index contributed by atoms with van der Waals surface area (Å²) in [5.74, 6) is -8.15. The molecule has 0 radical (unpaired) electrons. The number of carbonyl (C=O) groups is 8. The van der Waals surface area contributed by atoms with Crippen LogP contribution < -0.4 is 0 Å². The number of hydrogen-bond acceptors (Lipinski definition) is 22. The van der Waals surface area contributed by atoms with Gasteiger partial charge in [-0.2, -0.15) is 0 Å². The predicted molar refractivity (Wildman–Crippen MR) is 214 cm³/mol. The van der Waals surface area contributed by atoms with Crippen molar-refractivity contribution < 1.29 is 105 Å². The molecule has 3 saturated heterocycles. The van der Waals surface area contributed by atoms with E-state index in [4.69, 9.17) is 66.3 Å². The van der Waals surface area contributed by atoms with Crippen LogP contribution in [0.1, 0.15) is 61.0 Å². The molecule has 22 nitrogen and oxygen atoms in total. The molecule has 0 aromatic heterocycles. The van der Waals surface area contributed by atoms with E-state index in [1.165, 1.54) is 19.3 Å². The average Bonchev–Trinajstić information content (AvgIpc) is 3.89. The molecule has 0 amide bonds. The van der Waals surface area contributed by atoms with E-state index in [1.54, 1.807) is 36.4 Å². The summed E-state index contributed by atoms with van der Waals surface area (Å²) in [5, 5.41) is 0. The van der Waals surface area contributed by atoms with Gasteiger partial charge in [-0.3, -0.25) is 33.6 Å². The second kappa shape index (κ2) is 21.1. The van der Waals surface area contributed by atoms with Gasteiger partial charge in [-0.1, -0.05) is 30.3 Å². The highest BCUT2D eigenvalue weighted by Crippen LogP contribution is 2.61. The van der Waals surface area contributed by atoms with E-state index in [-0.39, 0.29) is 0 Å². The number of ether oxygens (including phenoxy) is 14. The monoisotopic (exact) mass is 932 g/mol. The first-order valence-electron chi connectivity index (χ1n) is 21.0. The lowest BCUT2D eigenvalue weighted by Crippen LogP contribution is -2.64. The molecule has 0 spiro atoms. The lowest BCUT2D eigenvalue weighted by molar-refractivity contribution is -0.349. The summed E-state index contributed by atoms with van der Waals surface area (Å²) in [6.07, 6.45) is -12.1. The number of epoxide rings is 1. The molecule has 1 aromatic carbocycles. The van der Waals surface area contributed by atoms with Gasteiger partial charge in [0.2, 0.25) is 12.6 Å². The van der Waals surface area contributed by atoms with Gasteiger partial charge < -0.3 is 66.3 Å². The van der Waals surface area contributed by atoms with Gasteiger partial charge in [0.1, 0.15) is 31.0 Å². The van der Waals surface area contributed by atoms with Crippen molar-refractivity contribution >= 4 is 53.8 Å². The summed E-state index contributed by atoms with van der Waals surface area (Å²) in [6.45, 7) is 8.30. The molecule has 2 unspecified atom stereocenters. The van der Waals surface area contributed by atoms with Gasteiger partial charge in [0.05, 0.1) is 24.4 Å². The highest BCUT2D eigenvalue weighted by atomic mass is 16.8. The molecule has 1 saturated carbocycles. The molecule has 0 N–H and O–H groups in total. The van der Waals surface area contributed by atoms with Gasteiger partial charge in [0, 0.05) is 60.5 Å². The summed E-state index contributed by atoms with van der Waals surface area (Å²) in [4.78, 5) is 99.7. The van der Waals surface area contributed by atoms with Gasteiger partial charge >= 0.3 is 47.8 Å². The number of rotatable bonds is 16. The Balaban J connectivity index is 1.36. The molecule has 4 aliphatic heterocycles. The third-order valence-corrected chi connectivity index (χ3v) is 11.0. The Labute approximate surface area is 378 Å². The summed E-state index contributed by atoms with van der Waals surface area (Å²) in [6, 6.07) is 8.97. The van der Waals surface area contributed by atoms with Crippen LogP contribution in [0.15, 0.2) is 48.7 Å². The second-order valence-corrected chi connectivity index (χ2v) is 16.0. The standard InChI is InChI=1S/C44H52O22/c1-20-33(57-22(3)46)36(59-24(5)48)38(61-26(7)50)42(56-20)64-34-29-16-17-53-41(32(29)44(40(34)66-44)19-55-31(52)15-14-28-12-10-9-11-13-28)65-43-39(62-27(8)51)37(60-25(6)49)35(58-23(4)47)30(63-43)18-54-21(2)45/h9-17,20,29-30,32-43H,18-19H2,1-8H3/b15-14+/t20-,29?,30-,32?,33+,34+,35-,36-,37+,38+,39-,40+,41+,42+,43+,44-/m1/s1. The zero-order chi connectivity index (χ0) is 48.0. The summed E-state index contributed by atoms with van der Waals surface area (Å²) in [5.41, 5.74) is -0.731. The minimum Gasteiger partial charge on any atom is -0.472 e. The fourth-order valence-corrected chi connectivity index (χ4v) is 8.60. The third kappa shape index (κ3) is 11.7. The van der Waals surface area contributed by atoms with E-state index >= 15 is 0 Å². The summed E-state index contributed by atoms with van der Waals surface area (Å²) < 4.78 is 82.2. The smallest absolute Gasteiger partial charge is 0.330 e. The van der Waals surface area contributed by atoms with Crippen molar-refractivity contribution in [1.82, 2.24) is 0 Å². The highest BCUT2D eigenvalue weighted by molar-refractivity contribution is 5.87. The molecule has 0 bridgehead atoms. The van der Waals surface area contributed by atoms with E-state index in [2.05, 4.69) is 0 Å². The molecule has 22 heteroatoms. The summed E-state index contributed by atoms with van der Waals surface area (Å²) in [7, 11) is 0. The molecule has 4 fully saturated rings. The van der Waals surface area contributed by atoms with Gasteiger partial charge in [-0.25, -0.2) is 4.79 Å². The first-order chi connectivity index (χ1) is 31.3. The Kier molecular flexibility index (Phi) is 15.8. The van der Waals surface area contributed by atoms with Gasteiger partial charge in [0.15, 0.2) is 42.9 Å². The Hall–Kier alpha value is -5.94. The Morgan fingerprint density at radius 1 is 0.591 bits per heavy atom. The maximum Gasteiger partial charge on any atom is 0.330 e. The van der Waals surface area contributed by atoms with Crippen molar-refractivity contribution in [3.8, 4) is 0 Å². The lowest BCUT2D eigenvalue weighted by Gasteiger charge is -2.46. The van der Waals surface area contributed by atoms with Crippen molar-refractivity contribution in [3.63, 3.8) is 0 Å². The van der Waals surface area contributed by atoms with E-state index in [1.807, 2.05) is 6.07 Å². The zero-order valence-electron chi connectivity index (χ0n) is 37.3. The van der Waals surface area contributed by atoms with Crippen LogP contribution in [0.3, 0.4) is 0 Å². The summed E-state index contributed by atoms with van der Waals surface area (Å²) >= 11 is 0. The first-order valence-corrected chi connectivity index (χ1v) is 21.0. The molecule has 1 aromatic rings. The van der Waals surface area contributed by atoms with Crippen molar-refractivity contribution in [2.24, 2.45) is 11.8 Å². The molecule has 360 valence electrons. The third-order valence-electron chi connectivity index (χ3n) is 11.0. The minimum absolute atomic E-state index is 0.411. The molecule has 5 aliphatic rings. The topological polar surface area (TPSA) is 269 Å². The van der Waals surface area contributed by atoms with E-state index in [0.29, 0.717) is 0 Å². The van der Waals surface area contributed by atoms with Crippen LogP contribution in [0.25, 0.3) is 6.08 Å². The fraction of sp³-hybridized carbons (Fsp3) is 0.591. The highest BCUT2D eigenvalue weighted by Gasteiger charge is 2.78. The van der Waals surface area contributed by atoms with Crippen LogP contribution >= 0.6 is 0 Å². The molecular weight excluding hydrogens is 880 g/mol. The molecule has 4 heterocycles. The molecule has 6 rings (SSSR count). The number of fused-ring (bicyclic) bond motifs is 3.